The van der Waals surface area contributed by atoms with Crippen molar-refractivity contribution in [2.75, 3.05) is 6.54 Å². The van der Waals surface area contributed by atoms with Gasteiger partial charge in [-0.2, -0.15) is 0 Å². The van der Waals surface area contributed by atoms with Gasteiger partial charge in [0.1, 0.15) is 0 Å². The van der Waals surface area contributed by atoms with Crippen LogP contribution in [0.15, 0.2) is 12.7 Å². The zero-order valence-corrected chi connectivity index (χ0v) is 9.63. The molecular weight excluding hydrogens is 176 g/mol. The Morgan fingerprint density at radius 2 is 1.93 bits per heavy atom. The highest BCUT2D eigenvalue weighted by Gasteiger charge is 2.15. The lowest BCUT2D eigenvalue weighted by atomic mass is 10.1. The van der Waals surface area contributed by atoms with Crippen molar-refractivity contribution in [3.63, 3.8) is 0 Å². The molecule has 3 nitrogen and oxygen atoms in total. The molecule has 82 valence electrons. The first-order valence-electron chi connectivity index (χ1n) is 5.13. The van der Waals surface area contributed by atoms with Gasteiger partial charge in [0.15, 0.2) is 0 Å². The minimum atomic E-state index is -0.146. The van der Waals surface area contributed by atoms with Crippen molar-refractivity contribution in [1.29, 1.82) is 0 Å². The van der Waals surface area contributed by atoms with E-state index in [9.17, 15) is 4.79 Å². The SMILES string of the molecule is C=CCNC(=O)C(C)NC(C)C(C)C. The largest absolute Gasteiger partial charge is 0.351 e. The fraction of sp³-hybridized carbons (Fsp3) is 0.727. The van der Waals surface area contributed by atoms with E-state index in [0.717, 1.165) is 0 Å². The maximum atomic E-state index is 11.4. The summed E-state index contributed by atoms with van der Waals surface area (Å²) in [5, 5.41) is 6.00. The van der Waals surface area contributed by atoms with E-state index in [1.165, 1.54) is 0 Å². The summed E-state index contributed by atoms with van der Waals surface area (Å²) in [6.45, 7) is 12.3. The smallest absolute Gasteiger partial charge is 0.237 e. The monoisotopic (exact) mass is 198 g/mol. The third-order valence-electron chi connectivity index (χ3n) is 2.33. The van der Waals surface area contributed by atoms with E-state index in [2.05, 4.69) is 38.0 Å². The summed E-state index contributed by atoms with van der Waals surface area (Å²) >= 11 is 0. The third-order valence-corrected chi connectivity index (χ3v) is 2.33. The van der Waals surface area contributed by atoms with Crippen LogP contribution in [0.4, 0.5) is 0 Å². The summed E-state index contributed by atoms with van der Waals surface area (Å²) in [6.07, 6.45) is 1.68. The molecule has 0 aromatic carbocycles. The Kier molecular flexibility index (Phi) is 6.21. The highest BCUT2D eigenvalue weighted by Crippen LogP contribution is 2.00. The van der Waals surface area contributed by atoms with Crippen LogP contribution in [0, 0.1) is 5.92 Å². The minimum absolute atomic E-state index is 0.0254. The quantitative estimate of drug-likeness (QED) is 0.632. The average molecular weight is 198 g/mol. The zero-order chi connectivity index (χ0) is 11.1. The molecule has 0 bridgehead atoms. The number of carbonyl (C=O) groups is 1. The van der Waals surface area contributed by atoms with Crippen molar-refractivity contribution < 1.29 is 4.79 Å². The molecule has 0 saturated carbocycles. The lowest BCUT2D eigenvalue weighted by Gasteiger charge is -2.22. The number of hydrogen-bond acceptors (Lipinski definition) is 2. The zero-order valence-electron chi connectivity index (χ0n) is 9.63. The fourth-order valence-electron chi connectivity index (χ4n) is 0.988. The maximum Gasteiger partial charge on any atom is 0.237 e. The Balaban J connectivity index is 3.88. The normalized spacial score (nSPS) is 14.9. The third kappa shape index (κ3) is 5.02. The van der Waals surface area contributed by atoms with E-state index in [-0.39, 0.29) is 11.9 Å². The molecular formula is C11H22N2O. The van der Waals surface area contributed by atoms with Crippen molar-refractivity contribution in [2.45, 2.75) is 39.8 Å². The molecule has 0 aliphatic rings. The standard InChI is InChI=1S/C11H22N2O/c1-6-7-12-11(14)10(5)13-9(4)8(2)3/h6,8-10,13H,1,7H2,2-5H3,(H,12,14). The number of carbonyl (C=O) groups excluding carboxylic acids is 1. The number of rotatable bonds is 6. The molecule has 0 radical (unpaired) electrons. The molecule has 0 heterocycles. The molecule has 0 aromatic heterocycles. The van der Waals surface area contributed by atoms with E-state index >= 15 is 0 Å². The van der Waals surface area contributed by atoms with Gasteiger partial charge in [-0.25, -0.2) is 0 Å². The van der Waals surface area contributed by atoms with Crippen LogP contribution in [0.3, 0.4) is 0 Å². The van der Waals surface area contributed by atoms with Crippen LogP contribution in [0.2, 0.25) is 0 Å². The van der Waals surface area contributed by atoms with Crippen LogP contribution in [-0.2, 0) is 4.79 Å². The van der Waals surface area contributed by atoms with Crippen LogP contribution < -0.4 is 10.6 Å². The van der Waals surface area contributed by atoms with E-state index in [1.807, 2.05) is 6.92 Å². The molecule has 0 saturated heterocycles. The number of nitrogens with one attached hydrogen (secondary N) is 2. The van der Waals surface area contributed by atoms with E-state index in [1.54, 1.807) is 6.08 Å². The molecule has 0 aliphatic carbocycles. The lowest BCUT2D eigenvalue weighted by molar-refractivity contribution is -0.122. The van der Waals surface area contributed by atoms with Gasteiger partial charge in [0, 0.05) is 12.6 Å². The van der Waals surface area contributed by atoms with Gasteiger partial charge in [0.2, 0.25) is 5.91 Å². The summed E-state index contributed by atoms with van der Waals surface area (Å²) in [6, 6.07) is 0.201. The Morgan fingerprint density at radius 3 is 2.36 bits per heavy atom. The summed E-state index contributed by atoms with van der Waals surface area (Å²) in [5.74, 6) is 0.557. The predicted octanol–water partition coefficient (Wildman–Crippen LogP) is 1.31. The van der Waals surface area contributed by atoms with E-state index in [4.69, 9.17) is 0 Å². The van der Waals surface area contributed by atoms with Crippen molar-refractivity contribution >= 4 is 5.91 Å². The molecule has 0 aromatic rings. The highest BCUT2D eigenvalue weighted by molar-refractivity contribution is 5.81. The van der Waals surface area contributed by atoms with Gasteiger partial charge in [0.25, 0.3) is 0 Å². The minimum Gasteiger partial charge on any atom is -0.351 e. The molecule has 0 aliphatic heterocycles. The molecule has 3 heteroatoms. The van der Waals surface area contributed by atoms with E-state index < -0.39 is 0 Å². The fourth-order valence-corrected chi connectivity index (χ4v) is 0.988. The van der Waals surface area contributed by atoms with Crippen LogP contribution in [0.5, 0.6) is 0 Å². The second-order valence-electron chi connectivity index (χ2n) is 3.95. The first kappa shape index (κ1) is 13.2. The highest BCUT2D eigenvalue weighted by atomic mass is 16.2. The Labute approximate surface area is 87.0 Å². The summed E-state index contributed by atoms with van der Waals surface area (Å²) < 4.78 is 0. The molecule has 0 fully saturated rings. The van der Waals surface area contributed by atoms with Crippen molar-refractivity contribution in [3.05, 3.63) is 12.7 Å². The van der Waals surface area contributed by atoms with Gasteiger partial charge in [-0.15, -0.1) is 6.58 Å². The molecule has 2 atom stereocenters. The van der Waals surface area contributed by atoms with Gasteiger partial charge < -0.3 is 10.6 Å². The second-order valence-corrected chi connectivity index (χ2v) is 3.95. The van der Waals surface area contributed by atoms with Crippen molar-refractivity contribution in [1.82, 2.24) is 10.6 Å². The molecule has 2 N–H and O–H groups in total. The summed E-state index contributed by atoms with van der Waals surface area (Å²) in [5.41, 5.74) is 0. The summed E-state index contributed by atoms with van der Waals surface area (Å²) in [7, 11) is 0. The van der Waals surface area contributed by atoms with Crippen LogP contribution in [-0.4, -0.2) is 24.5 Å². The molecule has 2 unspecified atom stereocenters. The van der Waals surface area contributed by atoms with E-state index in [0.29, 0.717) is 18.5 Å². The van der Waals surface area contributed by atoms with Crippen molar-refractivity contribution in [2.24, 2.45) is 5.92 Å². The lowest BCUT2D eigenvalue weighted by Crippen LogP contribution is -2.47. The van der Waals surface area contributed by atoms with Crippen LogP contribution >= 0.6 is 0 Å². The van der Waals surface area contributed by atoms with Gasteiger partial charge in [-0.1, -0.05) is 19.9 Å². The molecule has 1 amide bonds. The second kappa shape index (κ2) is 6.60. The van der Waals surface area contributed by atoms with Crippen LogP contribution in [0.1, 0.15) is 27.7 Å². The molecule has 0 spiro atoms. The van der Waals surface area contributed by atoms with Crippen molar-refractivity contribution in [3.8, 4) is 0 Å². The summed E-state index contributed by atoms with van der Waals surface area (Å²) in [4.78, 5) is 11.4. The maximum absolute atomic E-state index is 11.4. The Hall–Kier alpha value is -0.830. The topological polar surface area (TPSA) is 41.1 Å². The first-order chi connectivity index (χ1) is 6.49. The number of hydrogen-bond donors (Lipinski definition) is 2. The Bertz CT molecular complexity index is 190. The van der Waals surface area contributed by atoms with Gasteiger partial charge in [-0.3, -0.25) is 4.79 Å². The van der Waals surface area contributed by atoms with Crippen LogP contribution in [0.25, 0.3) is 0 Å². The average Bonchev–Trinajstić information content (AvgIpc) is 2.13. The number of amides is 1. The predicted molar refractivity (Wildman–Crippen MR) is 60.1 cm³/mol. The molecule has 0 rings (SSSR count). The Morgan fingerprint density at radius 1 is 1.36 bits per heavy atom. The van der Waals surface area contributed by atoms with Gasteiger partial charge >= 0.3 is 0 Å². The molecule has 14 heavy (non-hydrogen) atoms. The van der Waals surface area contributed by atoms with Gasteiger partial charge in [0.05, 0.1) is 6.04 Å². The first-order valence-corrected chi connectivity index (χ1v) is 5.13. The van der Waals surface area contributed by atoms with Gasteiger partial charge in [-0.05, 0) is 19.8 Å².